The van der Waals surface area contributed by atoms with Crippen LogP contribution in [0.2, 0.25) is 0 Å². The van der Waals surface area contributed by atoms with Gasteiger partial charge in [-0.1, -0.05) is 0 Å². The van der Waals surface area contributed by atoms with E-state index in [1.807, 2.05) is 0 Å². The number of rotatable bonds is 6. The molecule has 4 N–H and O–H groups in total. The Balaban J connectivity index is 1.88. The fourth-order valence-corrected chi connectivity index (χ4v) is 2.61. The van der Waals surface area contributed by atoms with Gasteiger partial charge in [-0.3, -0.25) is 9.89 Å². The summed E-state index contributed by atoms with van der Waals surface area (Å²) in [6, 6.07) is 8.44. The third-order valence-corrected chi connectivity index (χ3v) is 3.94. The fourth-order valence-electron chi connectivity index (χ4n) is 2.61. The number of alkyl halides is 3. The lowest BCUT2D eigenvalue weighted by Crippen LogP contribution is -2.15. The van der Waals surface area contributed by atoms with E-state index in [-0.39, 0.29) is 12.2 Å². The summed E-state index contributed by atoms with van der Waals surface area (Å²) in [5.74, 6) is -1.78. The van der Waals surface area contributed by atoms with Gasteiger partial charge in [-0.2, -0.15) is 18.3 Å². The van der Waals surface area contributed by atoms with E-state index in [1.54, 1.807) is 18.2 Å². The molecule has 0 fully saturated rings. The predicted octanol–water partition coefficient (Wildman–Crippen LogP) is 3.82. The van der Waals surface area contributed by atoms with Crippen molar-refractivity contribution in [2.45, 2.75) is 6.18 Å². The molecule has 29 heavy (non-hydrogen) atoms. The molecule has 0 atom stereocenters. The Morgan fingerprint density at radius 1 is 1.17 bits per heavy atom. The normalized spacial score (nSPS) is 11.3. The van der Waals surface area contributed by atoms with Crippen molar-refractivity contribution in [1.82, 2.24) is 10.2 Å². The van der Waals surface area contributed by atoms with Gasteiger partial charge < -0.3 is 15.8 Å². The van der Waals surface area contributed by atoms with E-state index in [0.717, 1.165) is 6.07 Å². The van der Waals surface area contributed by atoms with Crippen LogP contribution in [0.1, 0.15) is 15.9 Å². The van der Waals surface area contributed by atoms with Gasteiger partial charge in [-0.15, -0.1) is 0 Å². The molecule has 0 aliphatic rings. The first-order valence-electron chi connectivity index (χ1n) is 8.44. The molecule has 1 aromatic heterocycles. The summed E-state index contributed by atoms with van der Waals surface area (Å²) < 4.78 is 57.6. The summed E-state index contributed by atoms with van der Waals surface area (Å²) in [6.45, 7) is 0.565. The molecule has 1 heterocycles. The van der Waals surface area contributed by atoms with Crippen LogP contribution in [0.25, 0.3) is 11.3 Å². The molecule has 0 saturated heterocycles. The van der Waals surface area contributed by atoms with Gasteiger partial charge >= 0.3 is 6.18 Å². The molecule has 6 nitrogen and oxygen atoms in total. The number of benzene rings is 2. The predicted molar refractivity (Wildman–Crippen MR) is 97.9 cm³/mol. The molecule has 0 aliphatic heterocycles. The number of hydrogen-bond acceptors (Lipinski definition) is 4. The van der Waals surface area contributed by atoms with Crippen LogP contribution in [0, 0.1) is 5.82 Å². The number of amides is 1. The topological polar surface area (TPSA) is 93.0 Å². The average molecular weight is 408 g/mol. The molecule has 0 unspecified atom stereocenters. The second kappa shape index (κ2) is 8.31. The number of carbonyl (C=O) groups excluding carboxylic acids is 1. The van der Waals surface area contributed by atoms with Crippen molar-refractivity contribution in [1.29, 1.82) is 0 Å². The largest absolute Gasteiger partial charge is 0.492 e. The van der Waals surface area contributed by atoms with Crippen molar-refractivity contribution >= 4 is 11.6 Å². The first-order chi connectivity index (χ1) is 13.8. The Morgan fingerprint density at radius 3 is 2.62 bits per heavy atom. The van der Waals surface area contributed by atoms with Crippen molar-refractivity contribution in [3.05, 3.63) is 65.6 Å². The second-order valence-corrected chi connectivity index (χ2v) is 5.96. The van der Waals surface area contributed by atoms with Crippen LogP contribution in [0.5, 0.6) is 5.75 Å². The lowest BCUT2D eigenvalue weighted by Gasteiger charge is -2.13. The highest BCUT2D eigenvalue weighted by Crippen LogP contribution is 2.33. The number of carbonyl (C=O) groups is 1. The third kappa shape index (κ3) is 4.72. The highest BCUT2D eigenvalue weighted by atomic mass is 19.4. The minimum Gasteiger partial charge on any atom is -0.492 e. The average Bonchev–Trinajstić information content (AvgIpc) is 3.21. The standard InChI is InChI=1S/C19H16F4N4O2/c20-15-3-1-11(9-14(15)19(21,22)23)18(28)26-12-2-4-17(29-8-6-24)13(10-12)16-5-7-25-27-16/h1-5,7,9-10H,6,8,24H2,(H,25,27)(H,26,28). The van der Waals surface area contributed by atoms with Crippen LogP contribution in [-0.4, -0.2) is 29.3 Å². The molecule has 2 aromatic carbocycles. The maximum absolute atomic E-state index is 13.4. The van der Waals surface area contributed by atoms with Crippen molar-refractivity contribution in [3.8, 4) is 17.0 Å². The summed E-state index contributed by atoms with van der Waals surface area (Å²) in [7, 11) is 0. The number of hydrogen-bond donors (Lipinski definition) is 3. The van der Waals surface area contributed by atoms with Crippen LogP contribution in [0.4, 0.5) is 23.2 Å². The lowest BCUT2D eigenvalue weighted by atomic mass is 10.1. The van der Waals surface area contributed by atoms with Crippen LogP contribution in [0.15, 0.2) is 48.7 Å². The van der Waals surface area contributed by atoms with Gasteiger partial charge in [-0.05, 0) is 42.5 Å². The highest BCUT2D eigenvalue weighted by Gasteiger charge is 2.34. The van der Waals surface area contributed by atoms with Crippen LogP contribution < -0.4 is 15.8 Å². The molecule has 0 bridgehead atoms. The van der Waals surface area contributed by atoms with E-state index in [9.17, 15) is 22.4 Å². The van der Waals surface area contributed by atoms with Gasteiger partial charge in [0.1, 0.15) is 18.2 Å². The van der Waals surface area contributed by atoms with E-state index >= 15 is 0 Å². The number of aromatic amines is 1. The SMILES string of the molecule is NCCOc1ccc(NC(=O)c2ccc(F)c(C(F)(F)F)c2)cc1-c1ccn[nH]1. The van der Waals surface area contributed by atoms with Crippen molar-refractivity contribution in [2.75, 3.05) is 18.5 Å². The molecule has 3 rings (SSSR count). The molecule has 152 valence electrons. The van der Waals surface area contributed by atoms with Gasteiger partial charge in [0.2, 0.25) is 0 Å². The Kier molecular flexibility index (Phi) is 5.83. The number of H-pyrrole nitrogens is 1. The zero-order chi connectivity index (χ0) is 21.0. The van der Waals surface area contributed by atoms with Crippen molar-refractivity contribution in [2.24, 2.45) is 5.73 Å². The number of nitrogens with two attached hydrogens (primary N) is 1. The Hall–Kier alpha value is -3.40. The number of ether oxygens (including phenoxy) is 1. The molecule has 0 aliphatic carbocycles. The monoisotopic (exact) mass is 408 g/mol. The summed E-state index contributed by atoms with van der Waals surface area (Å²) in [5, 5.41) is 9.14. The van der Waals surface area contributed by atoms with E-state index in [2.05, 4.69) is 15.5 Å². The second-order valence-electron chi connectivity index (χ2n) is 5.96. The summed E-state index contributed by atoms with van der Waals surface area (Å²) in [4.78, 5) is 12.4. The Bertz CT molecular complexity index is 1000. The molecule has 0 saturated carbocycles. The first kappa shape index (κ1) is 20.3. The van der Waals surface area contributed by atoms with Gasteiger partial charge in [0.05, 0.1) is 11.3 Å². The minimum atomic E-state index is -4.91. The molecule has 1 amide bonds. The molecule has 0 radical (unpaired) electrons. The third-order valence-electron chi connectivity index (χ3n) is 3.94. The van der Waals surface area contributed by atoms with Crippen molar-refractivity contribution in [3.63, 3.8) is 0 Å². The van der Waals surface area contributed by atoms with Gasteiger partial charge in [0, 0.05) is 29.6 Å². The van der Waals surface area contributed by atoms with Gasteiger partial charge in [0.15, 0.2) is 0 Å². The zero-order valence-electron chi connectivity index (χ0n) is 14.9. The summed E-state index contributed by atoms with van der Waals surface area (Å²) in [5.41, 5.74) is 5.10. The number of nitrogens with one attached hydrogen (secondary N) is 2. The smallest absolute Gasteiger partial charge is 0.419 e. The molecule has 0 spiro atoms. The van der Waals surface area contributed by atoms with E-state index in [1.165, 1.54) is 12.3 Å². The van der Waals surface area contributed by atoms with Crippen molar-refractivity contribution < 1.29 is 27.1 Å². The fraction of sp³-hybridized carbons (Fsp3) is 0.158. The van der Waals surface area contributed by atoms with E-state index in [0.29, 0.717) is 41.4 Å². The van der Waals surface area contributed by atoms with E-state index < -0.39 is 23.5 Å². The lowest BCUT2D eigenvalue weighted by molar-refractivity contribution is -0.140. The maximum atomic E-state index is 13.4. The minimum absolute atomic E-state index is 0.267. The van der Waals surface area contributed by atoms with E-state index in [4.69, 9.17) is 10.5 Å². The highest BCUT2D eigenvalue weighted by molar-refractivity contribution is 6.04. The van der Waals surface area contributed by atoms with Gasteiger partial charge in [-0.25, -0.2) is 4.39 Å². The van der Waals surface area contributed by atoms with Crippen LogP contribution >= 0.6 is 0 Å². The van der Waals surface area contributed by atoms with Gasteiger partial charge in [0.25, 0.3) is 5.91 Å². The van der Waals surface area contributed by atoms with Crippen LogP contribution in [0.3, 0.4) is 0 Å². The Morgan fingerprint density at radius 2 is 1.97 bits per heavy atom. The molecule has 10 heteroatoms. The molecule has 3 aromatic rings. The molecular formula is C19H16F4N4O2. The Labute approximate surface area is 162 Å². The first-order valence-corrected chi connectivity index (χ1v) is 8.44. The number of nitrogens with zero attached hydrogens (tertiary/aromatic N) is 1. The summed E-state index contributed by atoms with van der Waals surface area (Å²) >= 11 is 0. The number of anilines is 1. The number of aromatic nitrogens is 2. The molecular weight excluding hydrogens is 392 g/mol. The number of halogens is 4. The quantitative estimate of drug-likeness (QED) is 0.541. The zero-order valence-corrected chi connectivity index (χ0v) is 14.9. The summed E-state index contributed by atoms with van der Waals surface area (Å²) in [6.07, 6.45) is -3.37. The maximum Gasteiger partial charge on any atom is 0.419 e. The van der Waals surface area contributed by atoms with Crippen LogP contribution in [-0.2, 0) is 6.18 Å².